The van der Waals surface area contributed by atoms with Crippen molar-refractivity contribution in [2.24, 2.45) is 0 Å². The number of hydrogen-bond acceptors (Lipinski definition) is 3. The molecule has 0 radical (unpaired) electrons. The molecule has 0 spiro atoms. The summed E-state index contributed by atoms with van der Waals surface area (Å²) in [7, 11) is 0. The van der Waals surface area contributed by atoms with E-state index in [1.54, 1.807) is 12.1 Å². The van der Waals surface area contributed by atoms with Crippen LogP contribution >= 0.6 is 11.6 Å². The fraction of sp³-hybridized carbons (Fsp3) is 0.533. The molecule has 2 rings (SSSR count). The highest BCUT2D eigenvalue weighted by atomic mass is 35.5. The lowest BCUT2D eigenvalue weighted by Gasteiger charge is -2.30. The van der Waals surface area contributed by atoms with Gasteiger partial charge in [-0.05, 0) is 57.0 Å². The molecule has 2 atom stereocenters. The van der Waals surface area contributed by atoms with Crippen molar-refractivity contribution in [1.82, 2.24) is 10.6 Å². The molecule has 4 nitrogen and oxygen atoms in total. The second kappa shape index (κ2) is 6.95. The molecule has 2 N–H and O–H groups in total. The van der Waals surface area contributed by atoms with E-state index in [9.17, 15) is 4.79 Å². The van der Waals surface area contributed by atoms with Crippen LogP contribution in [0.2, 0.25) is 5.02 Å². The van der Waals surface area contributed by atoms with Crippen LogP contribution in [-0.2, 0) is 4.79 Å². The number of amides is 1. The molecular weight excluding hydrogens is 276 g/mol. The Morgan fingerprint density at radius 2 is 2.35 bits per heavy atom. The molecule has 1 amide bonds. The topological polar surface area (TPSA) is 50.4 Å². The van der Waals surface area contributed by atoms with E-state index in [2.05, 4.69) is 17.6 Å². The Morgan fingerprint density at radius 1 is 1.55 bits per heavy atom. The summed E-state index contributed by atoms with van der Waals surface area (Å²) in [6, 6.07) is 5.88. The van der Waals surface area contributed by atoms with Crippen LogP contribution in [0.3, 0.4) is 0 Å². The standard InChI is InChI=1S/C15H21ClN2O2/c1-10-8-12(5-6-13(10)16)20-9-15(19)18-14-4-3-7-17-11(14)2/h5-6,8,11,14,17H,3-4,7,9H2,1-2H3,(H,18,19). The molecule has 110 valence electrons. The van der Waals surface area contributed by atoms with Gasteiger partial charge in [0.15, 0.2) is 6.61 Å². The molecule has 2 unspecified atom stereocenters. The molecular formula is C15H21ClN2O2. The van der Waals surface area contributed by atoms with Crippen LogP contribution in [0.4, 0.5) is 0 Å². The van der Waals surface area contributed by atoms with E-state index in [1.165, 1.54) is 0 Å². The van der Waals surface area contributed by atoms with Crippen molar-refractivity contribution in [1.29, 1.82) is 0 Å². The maximum atomic E-state index is 11.9. The van der Waals surface area contributed by atoms with Crippen molar-refractivity contribution in [2.45, 2.75) is 38.8 Å². The fourth-order valence-corrected chi connectivity index (χ4v) is 2.46. The first-order valence-corrected chi connectivity index (χ1v) is 7.36. The summed E-state index contributed by atoms with van der Waals surface area (Å²) in [5, 5.41) is 7.07. The van der Waals surface area contributed by atoms with Crippen molar-refractivity contribution < 1.29 is 9.53 Å². The minimum Gasteiger partial charge on any atom is -0.484 e. The summed E-state index contributed by atoms with van der Waals surface area (Å²) in [5.41, 5.74) is 0.940. The Kier molecular flexibility index (Phi) is 5.26. The molecule has 0 aromatic heterocycles. The van der Waals surface area contributed by atoms with E-state index in [1.807, 2.05) is 13.0 Å². The molecule has 1 heterocycles. The average Bonchev–Trinajstić information content (AvgIpc) is 2.43. The molecule has 1 aromatic rings. The first-order valence-electron chi connectivity index (χ1n) is 6.98. The lowest BCUT2D eigenvalue weighted by molar-refractivity contribution is -0.124. The first-order chi connectivity index (χ1) is 9.56. The molecule has 0 aliphatic carbocycles. The molecule has 5 heteroatoms. The van der Waals surface area contributed by atoms with E-state index >= 15 is 0 Å². The SMILES string of the molecule is Cc1cc(OCC(=O)NC2CCCNC2C)ccc1Cl. The van der Waals surface area contributed by atoms with E-state index in [0.29, 0.717) is 16.8 Å². The zero-order valence-corrected chi connectivity index (χ0v) is 12.7. The van der Waals surface area contributed by atoms with Gasteiger partial charge in [-0.1, -0.05) is 11.6 Å². The summed E-state index contributed by atoms with van der Waals surface area (Å²) in [5.74, 6) is 0.579. The summed E-state index contributed by atoms with van der Waals surface area (Å²) < 4.78 is 5.49. The molecule has 0 bridgehead atoms. The van der Waals surface area contributed by atoms with Crippen LogP contribution in [0.15, 0.2) is 18.2 Å². The van der Waals surface area contributed by atoms with Gasteiger partial charge in [-0.2, -0.15) is 0 Å². The highest BCUT2D eigenvalue weighted by molar-refractivity contribution is 6.31. The Morgan fingerprint density at radius 3 is 3.05 bits per heavy atom. The number of halogens is 1. The number of carbonyl (C=O) groups excluding carboxylic acids is 1. The molecule has 1 aliphatic heterocycles. The minimum absolute atomic E-state index is 0.0320. The lowest BCUT2D eigenvalue weighted by atomic mass is 10.00. The Labute approximate surface area is 124 Å². The predicted octanol–water partition coefficient (Wildman–Crippen LogP) is 2.28. The Hall–Kier alpha value is -1.26. The number of benzene rings is 1. The number of aryl methyl sites for hydroxylation is 1. The fourth-order valence-electron chi connectivity index (χ4n) is 2.35. The van der Waals surface area contributed by atoms with Crippen molar-refractivity contribution in [3.05, 3.63) is 28.8 Å². The third-order valence-corrected chi connectivity index (χ3v) is 4.03. The smallest absolute Gasteiger partial charge is 0.258 e. The molecule has 0 saturated carbocycles. The molecule has 20 heavy (non-hydrogen) atoms. The highest BCUT2D eigenvalue weighted by Crippen LogP contribution is 2.20. The second-order valence-electron chi connectivity index (χ2n) is 5.26. The van der Waals surface area contributed by atoms with Gasteiger partial charge in [0.2, 0.25) is 0 Å². The van der Waals surface area contributed by atoms with Gasteiger partial charge >= 0.3 is 0 Å². The number of hydrogen-bond donors (Lipinski definition) is 2. The largest absolute Gasteiger partial charge is 0.484 e. The zero-order valence-electron chi connectivity index (χ0n) is 11.9. The summed E-state index contributed by atoms with van der Waals surface area (Å²) in [6.07, 6.45) is 2.10. The van der Waals surface area contributed by atoms with Crippen LogP contribution in [0, 0.1) is 6.92 Å². The van der Waals surface area contributed by atoms with Crippen LogP contribution < -0.4 is 15.4 Å². The minimum atomic E-state index is -0.0850. The summed E-state index contributed by atoms with van der Waals surface area (Å²) in [6.45, 7) is 5.05. The average molecular weight is 297 g/mol. The third-order valence-electron chi connectivity index (χ3n) is 3.61. The molecule has 1 aromatic carbocycles. The van der Waals surface area contributed by atoms with Crippen molar-refractivity contribution in [2.75, 3.05) is 13.2 Å². The van der Waals surface area contributed by atoms with Gasteiger partial charge in [0.05, 0.1) is 0 Å². The zero-order chi connectivity index (χ0) is 14.5. The monoisotopic (exact) mass is 296 g/mol. The van der Waals surface area contributed by atoms with Crippen molar-refractivity contribution in [3.63, 3.8) is 0 Å². The molecule has 1 aliphatic rings. The van der Waals surface area contributed by atoms with Crippen LogP contribution in [0.25, 0.3) is 0 Å². The number of rotatable bonds is 4. The lowest BCUT2D eigenvalue weighted by Crippen LogP contribution is -2.52. The number of ether oxygens (including phenoxy) is 1. The van der Waals surface area contributed by atoms with E-state index in [-0.39, 0.29) is 18.6 Å². The summed E-state index contributed by atoms with van der Waals surface area (Å²) in [4.78, 5) is 11.9. The van der Waals surface area contributed by atoms with Gasteiger partial charge in [-0.25, -0.2) is 0 Å². The van der Waals surface area contributed by atoms with E-state index in [0.717, 1.165) is 24.9 Å². The van der Waals surface area contributed by atoms with Gasteiger partial charge in [-0.15, -0.1) is 0 Å². The van der Waals surface area contributed by atoms with Crippen LogP contribution in [0.1, 0.15) is 25.3 Å². The van der Waals surface area contributed by atoms with Gasteiger partial charge in [0, 0.05) is 17.1 Å². The van der Waals surface area contributed by atoms with E-state index in [4.69, 9.17) is 16.3 Å². The van der Waals surface area contributed by atoms with Crippen molar-refractivity contribution in [3.8, 4) is 5.75 Å². The normalized spacial score (nSPS) is 22.4. The van der Waals surface area contributed by atoms with Crippen molar-refractivity contribution >= 4 is 17.5 Å². The first kappa shape index (κ1) is 15.1. The van der Waals surface area contributed by atoms with E-state index < -0.39 is 0 Å². The summed E-state index contributed by atoms with van der Waals surface area (Å²) >= 11 is 5.95. The maximum absolute atomic E-state index is 11.9. The van der Waals surface area contributed by atoms with Gasteiger partial charge in [0.1, 0.15) is 5.75 Å². The predicted molar refractivity (Wildman–Crippen MR) is 80.3 cm³/mol. The number of piperidine rings is 1. The second-order valence-corrected chi connectivity index (χ2v) is 5.67. The van der Waals surface area contributed by atoms with Crippen LogP contribution in [0.5, 0.6) is 5.75 Å². The maximum Gasteiger partial charge on any atom is 0.258 e. The van der Waals surface area contributed by atoms with Gasteiger partial charge in [0.25, 0.3) is 5.91 Å². The quantitative estimate of drug-likeness (QED) is 0.896. The third kappa shape index (κ3) is 4.12. The number of nitrogens with one attached hydrogen (secondary N) is 2. The Balaban J connectivity index is 1.81. The van der Waals surface area contributed by atoms with Gasteiger partial charge < -0.3 is 15.4 Å². The Bertz CT molecular complexity index is 479. The van der Waals surface area contributed by atoms with Gasteiger partial charge in [-0.3, -0.25) is 4.79 Å². The highest BCUT2D eigenvalue weighted by Gasteiger charge is 2.22. The number of carbonyl (C=O) groups is 1. The molecule has 1 fully saturated rings. The molecule has 1 saturated heterocycles. The van der Waals surface area contributed by atoms with Crippen LogP contribution in [-0.4, -0.2) is 31.1 Å².